The van der Waals surface area contributed by atoms with Crippen LogP contribution < -0.4 is 4.90 Å². The summed E-state index contributed by atoms with van der Waals surface area (Å²) in [6, 6.07) is 6.25. The molecule has 1 aromatic rings. The second-order valence-corrected chi connectivity index (χ2v) is 3.98. The molecular formula is C12H16N2O. The molecule has 1 aliphatic rings. The third kappa shape index (κ3) is 2.12. The van der Waals surface area contributed by atoms with Crippen molar-refractivity contribution in [2.45, 2.75) is 19.8 Å². The summed E-state index contributed by atoms with van der Waals surface area (Å²) in [4.78, 5) is 2.40. The topological polar surface area (TPSA) is 35.8 Å². The number of aryl methyl sites for hydroxylation is 1. The molecule has 0 spiro atoms. The van der Waals surface area contributed by atoms with E-state index in [2.05, 4.69) is 22.2 Å². The van der Waals surface area contributed by atoms with Crippen LogP contribution in [-0.4, -0.2) is 24.5 Å². The van der Waals surface area contributed by atoms with E-state index in [-0.39, 0.29) is 0 Å². The van der Waals surface area contributed by atoms with Gasteiger partial charge in [0.25, 0.3) is 0 Å². The Morgan fingerprint density at radius 3 is 2.67 bits per heavy atom. The lowest BCUT2D eigenvalue weighted by Crippen LogP contribution is -2.17. The van der Waals surface area contributed by atoms with E-state index < -0.39 is 0 Å². The molecule has 0 aliphatic carbocycles. The van der Waals surface area contributed by atoms with Crippen LogP contribution in [0.15, 0.2) is 23.4 Å². The molecular weight excluding hydrogens is 188 g/mol. The van der Waals surface area contributed by atoms with Gasteiger partial charge in [0.05, 0.1) is 6.21 Å². The van der Waals surface area contributed by atoms with Gasteiger partial charge in [0.2, 0.25) is 0 Å². The molecule has 0 unspecified atom stereocenters. The Morgan fingerprint density at radius 2 is 2.07 bits per heavy atom. The first kappa shape index (κ1) is 10.0. The number of nitrogens with zero attached hydrogens (tertiary/aromatic N) is 2. The number of oxime groups is 1. The lowest BCUT2D eigenvalue weighted by Gasteiger charge is -2.18. The smallest absolute Gasteiger partial charge is 0.0736 e. The van der Waals surface area contributed by atoms with Crippen LogP contribution in [-0.2, 0) is 0 Å². The van der Waals surface area contributed by atoms with Crippen molar-refractivity contribution < 1.29 is 5.21 Å². The zero-order chi connectivity index (χ0) is 10.7. The predicted octanol–water partition coefficient (Wildman–Crippen LogP) is 2.40. The molecule has 1 aromatic carbocycles. The van der Waals surface area contributed by atoms with Gasteiger partial charge in [-0.1, -0.05) is 11.2 Å². The number of hydrogen-bond donors (Lipinski definition) is 1. The van der Waals surface area contributed by atoms with E-state index in [0.29, 0.717) is 0 Å². The molecule has 0 saturated carbocycles. The second kappa shape index (κ2) is 4.34. The summed E-state index contributed by atoms with van der Waals surface area (Å²) in [5.74, 6) is 0. The summed E-state index contributed by atoms with van der Waals surface area (Å²) in [7, 11) is 0. The van der Waals surface area contributed by atoms with Gasteiger partial charge in [0.1, 0.15) is 0 Å². The number of anilines is 1. The van der Waals surface area contributed by atoms with Crippen LogP contribution in [0.4, 0.5) is 5.69 Å². The van der Waals surface area contributed by atoms with E-state index in [4.69, 9.17) is 5.21 Å². The van der Waals surface area contributed by atoms with Crippen molar-refractivity contribution in [1.82, 2.24) is 0 Å². The van der Waals surface area contributed by atoms with Crippen LogP contribution in [0.1, 0.15) is 24.0 Å². The van der Waals surface area contributed by atoms with Crippen LogP contribution in [0.2, 0.25) is 0 Å². The first-order valence-corrected chi connectivity index (χ1v) is 5.34. The van der Waals surface area contributed by atoms with Crippen molar-refractivity contribution in [1.29, 1.82) is 0 Å². The van der Waals surface area contributed by atoms with Crippen molar-refractivity contribution in [3.63, 3.8) is 0 Å². The maximum Gasteiger partial charge on any atom is 0.0736 e. The van der Waals surface area contributed by atoms with E-state index in [1.807, 2.05) is 13.0 Å². The highest BCUT2D eigenvalue weighted by Crippen LogP contribution is 2.22. The summed E-state index contributed by atoms with van der Waals surface area (Å²) in [5, 5.41) is 11.5. The van der Waals surface area contributed by atoms with Gasteiger partial charge < -0.3 is 10.1 Å². The maximum atomic E-state index is 8.48. The Kier molecular flexibility index (Phi) is 2.90. The molecule has 15 heavy (non-hydrogen) atoms. The third-order valence-corrected chi connectivity index (χ3v) is 2.92. The van der Waals surface area contributed by atoms with E-state index in [1.165, 1.54) is 24.7 Å². The molecule has 3 heteroatoms. The molecule has 0 radical (unpaired) electrons. The van der Waals surface area contributed by atoms with Crippen LogP contribution in [0, 0.1) is 6.92 Å². The standard InChI is InChI=1S/C12H16N2O/c1-10-8-12(14-6-2-3-7-14)5-4-11(10)9-13-15/h4-5,8-9,15H,2-3,6-7H2,1H3. The number of hydrogen-bond acceptors (Lipinski definition) is 3. The Bertz CT molecular complexity index is 368. The van der Waals surface area contributed by atoms with Gasteiger partial charge in [-0.3, -0.25) is 0 Å². The van der Waals surface area contributed by atoms with E-state index >= 15 is 0 Å². The van der Waals surface area contributed by atoms with Gasteiger partial charge >= 0.3 is 0 Å². The molecule has 1 heterocycles. The molecule has 1 N–H and O–H groups in total. The molecule has 0 amide bonds. The SMILES string of the molecule is Cc1cc(N2CCCC2)ccc1C=NO. The summed E-state index contributed by atoms with van der Waals surface area (Å²) < 4.78 is 0. The van der Waals surface area contributed by atoms with Crippen LogP contribution >= 0.6 is 0 Å². The predicted molar refractivity (Wildman–Crippen MR) is 62.0 cm³/mol. The molecule has 1 aliphatic heterocycles. The van der Waals surface area contributed by atoms with Crippen molar-refractivity contribution in [3.05, 3.63) is 29.3 Å². The highest BCUT2D eigenvalue weighted by atomic mass is 16.4. The fourth-order valence-electron chi connectivity index (χ4n) is 2.04. The van der Waals surface area contributed by atoms with E-state index in [9.17, 15) is 0 Å². The van der Waals surface area contributed by atoms with Gasteiger partial charge in [0.15, 0.2) is 0 Å². The quantitative estimate of drug-likeness (QED) is 0.456. The fourth-order valence-corrected chi connectivity index (χ4v) is 2.04. The highest BCUT2D eigenvalue weighted by molar-refractivity contribution is 5.82. The molecule has 1 saturated heterocycles. The zero-order valence-electron chi connectivity index (χ0n) is 8.98. The summed E-state index contributed by atoms with van der Waals surface area (Å²) >= 11 is 0. The van der Waals surface area contributed by atoms with Gasteiger partial charge in [-0.25, -0.2) is 0 Å². The van der Waals surface area contributed by atoms with Gasteiger partial charge in [-0.15, -0.1) is 0 Å². The molecule has 0 atom stereocenters. The molecule has 0 bridgehead atoms. The normalized spacial score (nSPS) is 16.5. The minimum absolute atomic E-state index is 0.973. The number of benzene rings is 1. The van der Waals surface area contributed by atoms with Gasteiger partial charge in [0, 0.05) is 18.8 Å². The Hall–Kier alpha value is -1.51. The highest BCUT2D eigenvalue weighted by Gasteiger charge is 2.12. The summed E-state index contributed by atoms with van der Waals surface area (Å²) in [6.07, 6.45) is 4.06. The lowest BCUT2D eigenvalue weighted by molar-refractivity contribution is 0.322. The first-order valence-electron chi connectivity index (χ1n) is 5.34. The summed E-state index contributed by atoms with van der Waals surface area (Å²) in [5.41, 5.74) is 3.40. The zero-order valence-corrected chi connectivity index (χ0v) is 8.98. The largest absolute Gasteiger partial charge is 0.411 e. The van der Waals surface area contributed by atoms with Crippen molar-refractivity contribution in [3.8, 4) is 0 Å². The molecule has 2 rings (SSSR count). The van der Waals surface area contributed by atoms with Crippen LogP contribution in [0.25, 0.3) is 0 Å². The second-order valence-electron chi connectivity index (χ2n) is 3.98. The van der Waals surface area contributed by atoms with Crippen LogP contribution in [0.5, 0.6) is 0 Å². The molecule has 3 nitrogen and oxygen atoms in total. The van der Waals surface area contributed by atoms with Crippen LogP contribution in [0.3, 0.4) is 0 Å². The Morgan fingerprint density at radius 1 is 1.33 bits per heavy atom. The van der Waals surface area contributed by atoms with Gasteiger partial charge in [-0.05, 0) is 43.0 Å². The fraction of sp³-hybridized carbons (Fsp3) is 0.417. The molecule has 0 aromatic heterocycles. The monoisotopic (exact) mass is 204 g/mol. The summed E-state index contributed by atoms with van der Waals surface area (Å²) in [6.45, 7) is 4.36. The number of rotatable bonds is 2. The Labute approximate surface area is 90.0 Å². The van der Waals surface area contributed by atoms with Crippen molar-refractivity contribution in [2.75, 3.05) is 18.0 Å². The van der Waals surface area contributed by atoms with Gasteiger partial charge in [-0.2, -0.15) is 0 Å². The average molecular weight is 204 g/mol. The van der Waals surface area contributed by atoms with Crippen molar-refractivity contribution >= 4 is 11.9 Å². The Balaban J connectivity index is 2.24. The maximum absolute atomic E-state index is 8.48. The first-order chi connectivity index (χ1) is 7.31. The van der Waals surface area contributed by atoms with E-state index in [0.717, 1.165) is 24.2 Å². The van der Waals surface area contributed by atoms with E-state index in [1.54, 1.807) is 0 Å². The molecule has 80 valence electrons. The van der Waals surface area contributed by atoms with Crippen molar-refractivity contribution in [2.24, 2.45) is 5.16 Å². The minimum Gasteiger partial charge on any atom is -0.411 e. The average Bonchev–Trinajstić information content (AvgIpc) is 2.74. The lowest BCUT2D eigenvalue weighted by atomic mass is 10.1. The molecule has 1 fully saturated rings. The minimum atomic E-state index is 0.973. The third-order valence-electron chi connectivity index (χ3n) is 2.92.